The number of rotatable bonds is 10. The topological polar surface area (TPSA) is 125 Å². The minimum atomic E-state index is -0.632. The SMILES string of the molecule is CC(C)(C)OC(=O)C(CCCCCCCC(=[N+]=[N-])C(=O)OC(C)(C)C)=[N+]=[N-]. The zero-order valence-corrected chi connectivity index (χ0v) is 17.4. The normalized spacial score (nSPS) is 11.2. The second kappa shape index (κ2) is 11.4. The molecule has 0 amide bonds. The molecule has 0 heterocycles. The number of carbonyl (C=O) groups excluding carboxylic acids is 2. The molecule has 0 saturated heterocycles. The van der Waals surface area contributed by atoms with Crippen molar-refractivity contribution in [1.29, 1.82) is 0 Å². The zero-order valence-electron chi connectivity index (χ0n) is 17.4. The van der Waals surface area contributed by atoms with Crippen LogP contribution in [-0.2, 0) is 19.1 Å². The van der Waals surface area contributed by atoms with Gasteiger partial charge in [-0.3, -0.25) is 0 Å². The number of nitrogens with zero attached hydrogens (tertiary/aromatic N) is 4. The molecule has 27 heavy (non-hydrogen) atoms. The van der Waals surface area contributed by atoms with Gasteiger partial charge in [-0.2, -0.15) is 9.58 Å². The molecule has 0 fully saturated rings. The van der Waals surface area contributed by atoms with Crippen LogP contribution in [0.2, 0.25) is 0 Å². The predicted molar refractivity (Wildman–Crippen MR) is 101 cm³/mol. The summed E-state index contributed by atoms with van der Waals surface area (Å²) in [5, 5.41) is 0. The summed E-state index contributed by atoms with van der Waals surface area (Å²) in [5.41, 5.74) is 16.7. The average molecular weight is 380 g/mol. The van der Waals surface area contributed by atoms with E-state index in [1.165, 1.54) is 0 Å². The third kappa shape index (κ3) is 12.7. The lowest BCUT2D eigenvalue weighted by Crippen LogP contribution is -2.29. The first kappa shape index (κ1) is 24.7. The first-order chi connectivity index (χ1) is 12.4. The van der Waals surface area contributed by atoms with Crippen LogP contribution in [0, 0.1) is 0 Å². The Bertz CT molecular complexity index is 563. The van der Waals surface area contributed by atoms with Gasteiger partial charge < -0.3 is 20.5 Å². The fourth-order valence-electron chi connectivity index (χ4n) is 2.17. The van der Waals surface area contributed by atoms with E-state index in [4.69, 9.17) is 20.5 Å². The summed E-state index contributed by atoms with van der Waals surface area (Å²) >= 11 is 0. The number of ether oxygens (including phenoxy) is 2. The first-order valence-corrected chi connectivity index (χ1v) is 9.28. The minimum Gasteiger partial charge on any atom is -0.451 e. The van der Waals surface area contributed by atoms with Crippen molar-refractivity contribution in [2.24, 2.45) is 0 Å². The Balaban J connectivity index is 4.09. The molecule has 8 heteroatoms. The van der Waals surface area contributed by atoms with E-state index in [2.05, 4.69) is 9.58 Å². The predicted octanol–water partition coefficient (Wildman–Crippen LogP) is 3.74. The van der Waals surface area contributed by atoms with E-state index < -0.39 is 23.1 Å². The molecule has 0 radical (unpaired) electrons. The number of hydrogen-bond acceptors (Lipinski definition) is 4. The minimum absolute atomic E-state index is 0.0181. The lowest BCUT2D eigenvalue weighted by molar-refractivity contribution is -0.152. The number of unbranched alkanes of at least 4 members (excludes halogenated alkanes) is 4. The molecule has 0 aliphatic rings. The fraction of sp³-hybridized carbons (Fsp3) is 0.789. The van der Waals surface area contributed by atoms with Crippen molar-refractivity contribution < 1.29 is 28.6 Å². The number of carbonyl (C=O) groups is 2. The second-order valence-corrected chi connectivity index (χ2v) is 8.36. The monoisotopic (exact) mass is 380 g/mol. The van der Waals surface area contributed by atoms with E-state index in [9.17, 15) is 9.59 Å². The van der Waals surface area contributed by atoms with Crippen LogP contribution >= 0.6 is 0 Å². The van der Waals surface area contributed by atoms with Gasteiger partial charge in [0.25, 0.3) is 0 Å². The van der Waals surface area contributed by atoms with Crippen LogP contribution in [-0.4, -0.2) is 44.1 Å². The van der Waals surface area contributed by atoms with Crippen molar-refractivity contribution in [2.45, 2.75) is 97.7 Å². The molecular formula is C19H32N4O4. The Hall–Kier alpha value is -2.30. The average Bonchev–Trinajstić information content (AvgIpc) is 2.50. The van der Waals surface area contributed by atoms with Crippen molar-refractivity contribution in [3.63, 3.8) is 0 Å². The van der Waals surface area contributed by atoms with Gasteiger partial charge in [0, 0.05) is 0 Å². The summed E-state index contributed by atoms with van der Waals surface area (Å²) in [4.78, 5) is 29.7. The molecule has 0 aliphatic carbocycles. The summed E-state index contributed by atoms with van der Waals surface area (Å²) in [5.74, 6) is -1.21. The van der Waals surface area contributed by atoms with Crippen molar-refractivity contribution in [2.75, 3.05) is 0 Å². The van der Waals surface area contributed by atoms with E-state index in [1.807, 2.05) is 0 Å². The Morgan fingerprint density at radius 1 is 0.667 bits per heavy atom. The van der Waals surface area contributed by atoms with Gasteiger partial charge in [0.1, 0.15) is 11.2 Å². The van der Waals surface area contributed by atoms with Gasteiger partial charge in [-0.25, -0.2) is 9.59 Å². The highest BCUT2D eigenvalue weighted by atomic mass is 16.6. The van der Waals surface area contributed by atoms with Crippen LogP contribution in [0.15, 0.2) is 0 Å². The van der Waals surface area contributed by atoms with E-state index in [0.29, 0.717) is 25.7 Å². The van der Waals surface area contributed by atoms with Crippen molar-refractivity contribution in [3.8, 4) is 0 Å². The van der Waals surface area contributed by atoms with Gasteiger partial charge in [-0.05, 0) is 54.4 Å². The molecule has 0 saturated carbocycles. The van der Waals surface area contributed by atoms with Crippen LogP contribution in [0.5, 0.6) is 0 Å². The molecule has 0 unspecified atom stereocenters. The van der Waals surface area contributed by atoms with Crippen LogP contribution in [0.3, 0.4) is 0 Å². The fourth-order valence-corrected chi connectivity index (χ4v) is 2.17. The quantitative estimate of drug-likeness (QED) is 0.188. The summed E-state index contributed by atoms with van der Waals surface area (Å²) < 4.78 is 10.3. The zero-order chi connectivity index (χ0) is 21.1. The Kier molecular flexibility index (Phi) is 10.4. The lowest BCUT2D eigenvalue weighted by Gasteiger charge is -2.17. The third-order valence-corrected chi connectivity index (χ3v) is 3.34. The van der Waals surface area contributed by atoms with Crippen LogP contribution in [0.1, 0.15) is 86.5 Å². The summed E-state index contributed by atoms with van der Waals surface area (Å²) in [6.45, 7) is 10.5. The Morgan fingerprint density at radius 3 is 1.22 bits per heavy atom. The van der Waals surface area contributed by atoms with Gasteiger partial charge in [0.15, 0.2) is 0 Å². The standard InChI is InChI=1S/C19H32N4O4/c1-18(2,3)26-16(24)14(22-20)12-10-8-7-9-11-13-15(23-21)17(25)27-19(4,5)6/h7-13H2,1-6H3. The molecule has 0 aromatic carbocycles. The van der Waals surface area contributed by atoms with Gasteiger partial charge in [0.05, 0.1) is 12.8 Å². The molecule has 0 aromatic rings. The number of esters is 2. The van der Waals surface area contributed by atoms with Gasteiger partial charge >= 0.3 is 23.4 Å². The van der Waals surface area contributed by atoms with Gasteiger partial charge in [0.2, 0.25) is 0 Å². The third-order valence-electron chi connectivity index (χ3n) is 3.34. The summed E-state index contributed by atoms with van der Waals surface area (Å²) in [7, 11) is 0. The van der Waals surface area contributed by atoms with E-state index in [0.717, 1.165) is 19.3 Å². The van der Waals surface area contributed by atoms with E-state index >= 15 is 0 Å². The molecule has 8 nitrogen and oxygen atoms in total. The van der Waals surface area contributed by atoms with Crippen molar-refractivity contribution in [1.82, 2.24) is 0 Å². The lowest BCUT2D eigenvalue weighted by atomic mass is 10.1. The maximum atomic E-state index is 11.8. The first-order valence-electron chi connectivity index (χ1n) is 9.28. The Labute approximate surface area is 161 Å². The molecule has 0 aliphatic heterocycles. The molecule has 0 atom stereocenters. The van der Waals surface area contributed by atoms with Gasteiger partial charge in [-0.15, -0.1) is 0 Å². The molecule has 0 spiro atoms. The summed E-state index contributed by atoms with van der Waals surface area (Å²) in [6, 6.07) is 0. The summed E-state index contributed by atoms with van der Waals surface area (Å²) in [6.07, 6.45) is 4.59. The highest BCUT2D eigenvalue weighted by Gasteiger charge is 2.27. The molecule has 152 valence electrons. The van der Waals surface area contributed by atoms with Crippen LogP contribution in [0.25, 0.3) is 11.1 Å². The maximum absolute atomic E-state index is 11.8. The molecule has 0 N–H and O–H groups in total. The van der Waals surface area contributed by atoms with Crippen LogP contribution < -0.4 is 0 Å². The molecule has 0 rings (SSSR count). The van der Waals surface area contributed by atoms with Crippen molar-refractivity contribution >= 4 is 23.4 Å². The van der Waals surface area contributed by atoms with E-state index in [1.54, 1.807) is 41.5 Å². The largest absolute Gasteiger partial charge is 0.451 e. The molecule has 0 bridgehead atoms. The maximum Gasteiger partial charge on any atom is 0.417 e. The van der Waals surface area contributed by atoms with Gasteiger partial charge in [-0.1, -0.05) is 19.3 Å². The van der Waals surface area contributed by atoms with Crippen LogP contribution in [0.4, 0.5) is 0 Å². The Morgan fingerprint density at radius 2 is 0.963 bits per heavy atom. The second-order valence-electron chi connectivity index (χ2n) is 8.36. The van der Waals surface area contributed by atoms with Crippen molar-refractivity contribution in [3.05, 3.63) is 11.1 Å². The molecular weight excluding hydrogens is 348 g/mol. The number of hydrogen-bond donors (Lipinski definition) is 0. The smallest absolute Gasteiger partial charge is 0.417 e. The highest BCUT2D eigenvalue weighted by Crippen LogP contribution is 2.12. The van der Waals surface area contributed by atoms with E-state index in [-0.39, 0.29) is 11.4 Å². The highest BCUT2D eigenvalue weighted by molar-refractivity contribution is 6.34. The molecule has 0 aromatic heterocycles.